The van der Waals surface area contributed by atoms with E-state index in [9.17, 15) is 9.59 Å². The molecule has 0 aromatic heterocycles. The van der Waals surface area contributed by atoms with Gasteiger partial charge in [0.05, 0.1) is 0 Å². The first kappa shape index (κ1) is 15.7. The average molecular weight is 260 g/mol. The lowest BCUT2D eigenvalue weighted by atomic mass is 10.1. The summed E-state index contributed by atoms with van der Waals surface area (Å²) in [6.45, 7) is 0. The molecule has 0 spiro atoms. The van der Waals surface area contributed by atoms with Gasteiger partial charge in [-0.3, -0.25) is 0 Å². The third-order valence-corrected chi connectivity index (χ3v) is 1.61. The van der Waals surface area contributed by atoms with Crippen molar-refractivity contribution in [2.24, 2.45) is 0 Å². The molecule has 1 rings (SSSR count). The highest BCUT2D eigenvalue weighted by atomic mass is 16.5. The molecule has 0 aliphatic rings. The molecule has 18 heavy (non-hydrogen) atoms. The van der Waals surface area contributed by atoms with Crippen molar-refractivity contribution >= 4 is 19.3 Å². The molecule has 0 aliphatic carbocycles. The Balaban J connectivity index is 0.000000631. The van der Waals surface area contributed by atoms with Gasteiger partial charge in [0, 0.05) is 0 Å². The number of aromatic hydroxyl groups is 2. The van der Waals surface area contributed by atoms with Gasteiger partial charge in [0.15, 0.2) is 11.5 Å². The Morgan fingerprint density at radius 3 is 1.22 bits per heavy atom. The highest BCUT2D eigenvalue weighted by Gasteiger charge is 2.19. The monoisotopic (exact) mass is 260 g/mol. The van der Waals surface area contributed by atoms with Gasteiger partial charge in [-0.25, -0.2) is 9.59 Å². The minimum absolute atomic E-state index is 0.549. The van der Waals surface area contributed by atoms with Crippen molar-refractivity contribution in [1.29, 1.82) is 0 Å². The van der Waals surface area contributed by atoms with Crippen LogP contribution in [0.15, 0.2) is 12.1 Å². The van der Waals surface area contributed by atoms with Crippen molar-refractivity contribution in [3.63, 3.8) is 0 Å². The predicted molar refractivity (Wildman–Crippen MR) is 56.1 cm³/mol. The Kier molecular flexibility index (Phi) is 5.62. The highest BCUT2D eigenvalue weighted by molar-refractivity contribution is 6.30. The van der Waals surface area contributed by atoms with Crippen LogP contribution < -0.4 is 0 Å². The molecule has 1 aromatic rings. The van der Waals surface area contributed by atoms with Gasteiger partial charge in [-0.1, -0.05) is 0 Å². The third-order valence-electron chi connectivity index (χ3n) is 1.61. The fraction of sp³-hybridized carbons (Fsp3) is 0. The lowest BCUT2D eigenvalue weighted by molar-refractivity contribution is 0.0674. The summed E-state index contributed by atoms with van der Waals surface area (Å²) in [7, 11) is -2.17. The Morgan fingerprint density at radius 2 is 1.06 bits per heavy atom. The molecule has 0 bridgehead atoms. The minimum Gasteiger partial charge on any atom is -0.504 e. The lowest BCUT2D eigenvalue weighted by Gasteiger charge is -2.04. The van der Waals surface area contributed by atoms with Gasteiger partial charge in [-0.15, -0.1) is 0 Å². The molecule has 7 N–H and O–H groups in total. The number of aromatic carboxylic acids is 2. The summed E-state index contributed by atoms with van der Waals surface area (Å²) >= 11 is 0. The second-order valence-corrected chi connectivity index (χ2v) is 2.81. The van der Waals surface area contributed by atoms with E-state index in [1.54, 1.807) is 0 Å². The summed E-state index contributed by atoms with van der Waals surface area (Å²) in [4.78, 5) is 20.9. The maximum atomic E-state index is 10.4. The molecule has 0 radical (unpaired) electrons. The maximum absolute atomic E-state index is 10.4. The summed E-state index contributed by atoms with van der Waals surface area (Å²) in [5.74, 6) is -4.79. The van der Waals surface area contributed by atoms with E-state index in [2.05, 4.69) is 0 Å². The van der Waals surface area contributed by atoms with Crippen molar-refractivity contribution in [3.05, 3.63) is 23.3 Å². The highest BCUT2D eigenvalue weighted by Crippen LogP contribution is 2.32. The standard InChI is InChI=1S/C8H6O6.BH3O3/c9-5-3(7(11)12)1-2-4(6(5)10)8(13)14;2-1(3)4/h1-2,9-10H,(H,11,12)(H,13,14);2-4H. The molecule has 0 saturated carbocycles. The smallest absolute Gasteiger partial charge is 0.504 e. The van der Waals surface area contributed by atoms with Gasteiger partial charge in [0.25, 0.3) is 0 Å². The molecule has 0 unspecified atom stereocenters. The van der Waals surface area contributed by atoms with Crippen molar-refractivity contribution in [2.45, 2.75) is 0 Å². The molecule has 98 valence electrons. The Hall–Kier alpha value is -2.30. The fourth-order valence-electron chi connectivity index (χ4n) is 0.925. The van der Waals surface area contributed by atoms with Gasteiger partial charge >= 0.3 is 19.3 Å². The van der Waals surface area contributed by atoms with E-state index >= 15 is 0 Å². The number of phenols is 2. The van der Waals surface area contributed by atoms with Gasteiger partial charge in [-0.05, 0) is 12.1 Å². The molecule has 0 amide bonds. The van der Waals surface area contributed by atoms with E-state index in [1.165, 1.54) is 0 Å². The molecule has 1 aromatic carbocycles. The summed E-state index contributed by atoms with van der Waals surface area (Å²) in [5.41, 5.74) is -1.10. The SMILES string of the molecule is O=C(O)c1ccc(C(=O)O)c(O)c1O.OB(O)O. The van der Waals surface area contributed by atoms with Crippen molar-refractivity contribution in [2.75, 3.05) is 0 Å². The summed E-state index contributed by atoms with van der Waals surface area (Å²) < 4.78 is 0. The molecule has 0 heterocycles. The molecule has 0 fully saturated rings. The van der Waals surface area contributed by atoms with E-state index < -0.39 is 41.9 Å². The fourth-order valence-corrected chi connectivity index (χ4v) is 0.925. The van der Waals surface area contributed by atoms with Gasteiger partial charge in [-0.2, -0.15) is 0 Å². The minimum atomic E-state index is -2.17. The van der Waals surface area contributed by atoms with Crippen LogP contribution in [0.25, 0.3) is 0 Å². The van der Waals surface area contributed by atoms with Crippen LogP contribution >= 0.6 is 0 Å². The largest absolute Gasteiger partial charge is 0.631 e. The topological polar surface area (TPSA) is 176 Å². The van der Waals surface area contributed by atoms with E-state index in [4.69, 9.17) is 35.5 Å². The number of carbonyl (C=O) groups is 2. The summed E-state index contributed by atoms with van der Waals surface area (Å²) in [6.07, 6.45) is 0. The van der Waals surface area contributed by atoms with Crippen LogP contribution in [0.1, 0.15) is 20.7 Å². The molecule has 0 saturated heterocycles. The zero-order valence-corrected chi connectivity index (χ0v) is 8.68. The normalized spacial score (nSPS) is 9.06. The molecule has 0 atom stereocenters. The zero-order valence-electron chi connectivity index (χ0n) is 8.68. The predicted octanol–water partition coefficient (Wildman–Crippen LogP) is -1.56. The third kappa shape index (κ3) is 4.29. The number of carboxylic acids is 2. The van der Waals surface area contributed by atoms with Crippen molar-refractivity contribution in [1.82, 2.24) is 0 Å². The van der Waals surface area contributed by atoms with Crippen molar-refractivity contribution in [3.8, 4) is 11.5 Å². The summed E-state index contributed by atoms with van der Waals surface area (Å²) in [6, 6.07) is 1.81. The number of carboxylic acid groups (broad SMARTS) is 2. The first-order valence-electron chi connectivity index (χ1n) is 4.24. The first-order chi connectivity index (χ1) is 8.18. The van der Waals surface area contributed by atoms with Crippen LogP contribution in [0.3, 0.4) is 0 Å². The molecule has 9 nitrogen and oxygen atoms in total. The maximum Gasteiger partial charge on any atom is 0.631 e. The number of hydrogen-bond donors (Lipinski definition) is 7. The average Bonchev–Trinajstić information content (AvgIpc) is 2.19. The van der Waals surface area contributed by atoms with Crippen LogP contribution in [-0.2, 0) is 0 Å². The Bertz CT molecular complexity index is 414. The summed E-state index contributed by atoms with van der Waals surface area (Å²) in [5, 5.41) is 56.7. The number of rotatable bonds is 2. The van der Waals surface area contributed by atoms with E-state index in [0.29, 0.717) is 0 Å². The molecule has 0 aliphatic heterocycles. The Morgan fingerprint density at radius 1 is 0.833 bits per heavy atom. The molecular weight excluding hydrogens is 251 g/mol. The van der Waals surface area contributed by atoms with Crippen LogP contribution in [0, 0.1) is 0 Å². The van der Waals surface area contributed by atoms with E-state index in [0.717, 1.165) is 12.1 Å². The van der Waals surface area contributed by atoms with Crippen LogP contribution in [0.5, 0.6) is 11.5 Å². The van der Waals surface area contributed by atoms with Crippen molar-refractivity contribution < 1.29 is 45.1 Å². The second kappa shape index (κ2) is 6.44. The second-order valence-electron chi connectivity index (χ2n) is 2.81. The molecule has 10 heteroatoms. The van der Waals surface area contributed by atoms with Gasteiger partial charge in [0.2, 0.25) is 0 Å². The van der Waals surface area contributed by atoms with Crippen LogP contribution in [-0.4, -0.2) is 54.8 Å². The number of benzene rings is 1. The molecular formula is C8H9BO9. The Labute approximate surface area is 100.0 Å². The van der Waals surface area contributed by atoms with Crippen LogP contribution in [0.2, 0.25) is 0 Å². The van der Waals surface area contributed by atoms with Gasteiger partial charge < -0.3 is 35.5 Å². The van der Waals surface area contributed by atoms with E-state index in [-0.39, 0.29) is 0 Å². The number of hydrogen-bond acceptors (Lipinski definition) is 7. The van der Waals surface area contributed by atoms with Gasteiger partial charge in [0.1, 0.15) is 11.1 Å². The quantitative estimate of drug-likeness (QED) is 0.245. The lowest BCUT2D eigenvalue weighted by Crippen LogP contribution is -2.07. The first-order valence-corrected chi connectivity index (χ1v) is 4.24. The van der Waals surface area contributed by atoms with Crippen LogP contribution in [0.4, 0.5) is 0 Å². The van der Waals surface area contributed by atoms with E-state index in [1.807, 2.05) is 0 Å². The zero-order chi connectivity index (χ0) is 14.5.